The molecule has 0 radical (unpaired) electrons. The maximum atomic E-state index is 12.4. The highest BCUT2D eigenvalue weighted by Gasteiger charge is 2.28. The van der Waals surface area contributed by atoms with Gasteiger partial charge in [-0.1, -0.05) is 122 Å². The molecule has 0 fully saturated rings. The molecule has 2 amide bonds. The Morgan fingerprint density at radius 2 is 1.25 bits per heavy atom. The first-order valence-electron chi connectivity index (χ1n) is 40.1. The van der Waals surface area contributed by atoms with E-state index in [1.807, 2.05) is 177 Å². The van der Waals surface area contributed by atoms with Crippen molar-refractivity contribution < 1.29 is 74.7 Å². The molecule has 10 heterocycles. The van der Waals surface area contributed by atoms with Crippen LogP contribution in [-0.2, 0) is 40.0 Å². The van der Waals surface area contributed by atoms with Gasteiger partial charge in [0.15, 0.2) is 11.3 Å². The van der Waals surface area contributed by atoms with Crippen molar-refractivity contribution >= 4 is 200 Å². The predicted molar refractivity (Wildman–Crippen MR) is 517 cm³/mol. The van der Waals surface area contributed by atoms with E-state index in [-0.39, 0.29) is 35.6 Å². The number of aryl methyl sites for hydroxylation is 2. The van der Waals surface area contributed by atoms with E-state index in [0.29, 0.717) is 88.5 Å². The molecule has 7 aromatic carbocycles. The summed E-state index contributed by atoms with van der Waals surface area (Å²) in [5.41, 5.74) is 13.1. The minimum atomic E-state index is -0.985. The third kappa shape index (κ3) is 25.5. The van der Waals surface area contributed by atoms with Crippen LogP contribution in [0.1, 0.15) is 104 Å². The monoisotopic (exact) mass is 1950 g/mol. The highest BCUT2D eigenvalue weighted by atomic mass is 79.9. The van der Waals surface area contributed by atoms with Crippen molar-refractivity contribution in [1.29, 1.82) is 0 Å². The number of carboxylic acids is 1. The van der Waals surface area contributed by atoms with Crippen molar-refractivity contribution in [1.82, 2.24) is 4.98 Å². The van der Waals surface area contributed by atoms with Gasteiger partial charge in [-0.2, -0.15) is 0 Å². The maximum absolute atomic E-state index is 12.4. The molecular weight excluding hydrogens is 1870 g/mol. The van der Waals surface area contributed by atoms with Gasteiger partial charge in [0.2, 0.25) is 17.5 Å². The normalized spacial score (nSPS) is 13.6. The number of pyridine rings is 1. The number of ketones is 2. The first kappa shape index (κ1) is 92.3. The summed E-state index contributed by atoms with van der Waals surface area (Å²) in [7, 11) is 0. The summed E-state index contributed by atoms with van der Waals surface area (Å²) >= 11 is 17.2. The topological polar surface area (TPSA) is 302 Å². The van der Waals surface area contributed by atoms with Crippen molar-refractivity contribution in [3.8, 4) is 22.6 Å². The molecule has 1 aliphatic carbocycles. The van der Waals surface area contributed by atoms with E-state index in [1.165, 1.54) is 36.1 Å². The summed E-state index contributed by atoms with van der Waals surface area (Å²) in [6.07, 6.45) is 20.5. The number of esters is 1. The number of amides is 2. The molecule has 4 N–H and O–H groups in total. The Kier molecular flexibility index (Phi) is 31.6. The van der Waals surface area contributed by atoms with Crippen molar-refractivity contribution in [3.05, 3.63) is 389 Å². The van der Waals surface area contributed by atoms with Gasteiger partial charge in [-0.25, -0.2) is 19.4 Å². The number of anilines is 4. The fraction of sp³-hybridized carbons (Fsp3) is 0.0882. The number of oxime groups is 1. The third-order valence-electron chi connectivity index (χ3n) is 19.5. The van der Waals surface area contributed by atoms with E-state index >= 15 is 0 Å². The van der Waals surface area contributed by atoms with E-state index in [1.54, 1.807) is 117 Å². The number of Topliss-reactive ketones (excluding diaryl/α,β-unsaturated/α-hetero) is 2. The third-order valence-corrected chi connectivity index (χ3v) is 22.3. The summed E-state index contributed by atoms with van der Waals surface area (Å²) < 4.78 is 40.1. The van der Waals surface area contributed by atoms with Gasteiger partial charge in [-0.05, 0) is 304 Å². The Bertz CT molecular complexity index is 6760. The largest absolute Gasteiger partial charge is 0.478 e. The molecule has 7 aromatic heterocycles. The molecule has 129 heavy (non-hydrogen) atoms. The summed E-state index contributed by atoms with van der Waals surface area (Å²) in [6, 6.07) is 72.2. The average Bonchev–Trinajstić information content (AvgIpc) is 1.20. The van der Waals surface area contributed by atoms with Gasteiger partial charge in [0.25, 0.3) is 5.91 Å². The van der Waals surface area contributed by atoms with Gasteiger partial charge in [0, 0.05) is 100 Å². The minimum Gasteiger partial charge on any atom is -0.478 e. The molecule has 14 aromatic rings. The molecule has 0 spiro atoms. The summed E-state index contributed by atoms with van der Waals surface area (Å²) in [6.45, 7) is 15.4. The fourth-order valence-electron chi connectivity index (χ4n) is 13.1. The van der Waals surface area contributed by atoms with Crippen LogP contribution < -0.4 is 20.9 Å². The molecule has 648 valence electrons. The number of hydrogen-bond donors (Lipinski definition) is 4. The van der Waals surface area contributed by atoms with Gasteiger partial charge in [-0.3, -0.25) is 19.2 Å². The van der Waals surface area contributed by atoms with Crippen molar-refractivity contribution in [2.45, 2.75) is 45.9 Å². The highest BCUT2D eigenvalue weighted by Crippen LogP contribution is 2.42. The van der Waals surface area contributed by atoms with E-state index in [4.69, 9.17) is 52.9 Å². The maximum Gasteiger partial charge on any atom is 0.367 e. The number of ether oxygens (including phenoxy) is 1. The SMILES string of the molecule is C=C(/C=C/c1ccco1)Nc1ccc(Br)cc1.CC1=NOC(=O)/C1=C/c1ccc(-c2ccc(Cl)cc2)o1.CCN(CC)c1cc(C)c2cc(NC(=O)/C=C/c3ccco3)ccc2n1.Cc1ccc(/C=C2\C(=O)Nc3ccc(Br)cc32)o1.O=C(/C=C/c1ccc(Br)o1)OCC(=O)C1=CCc2ccccc21.O=C(O)c1cccc(-c2ccc(/C=C3\Sc4ccccc4C3=O)o2)c1. The van der Waals surface area contributed by atoms with E-state index in [0.717, 1.165) is 112 Å². The molecule has 4 aliphatic rings. The second-order valence-corrected chi connectivity index (χ2v) is 32.7. The summed E-state index contributed by atoms with van der Waals surface area (Å²) in [4.78, 5) is 95.9. The number of furan rings is 6. The number of hydrogen-bond acceptors (Lipinski definition) is 20. The lowest BCUT2D eigenvalue weighted by Crippen LogP contribution is -2.23. The minimum absolute atomic E-state index is 0.00794. The average molecular weight is 1950 g/mol. The number of carbonyl (C=O) groups is 7. The Morgan fingerprint density at radius 1 is 0.597 bits per heavy atom. The molecule has 22 nitrogen and oxygen atoms in total. The molecule has 0 saturated carbocycles. The zero-order valence-electron chi connectivity index (χ0n) is 69.8. The van der Waals surface area contributed by atoms with Gasteiger partial charge in [0.1, 0.15) is 57.7 Å². The second-order valence-electron chi connectivity index (χ2n) is 28.5. The number of carboxylic acid groups (broad SMARTS) is 1. The number of aromatic nitrogens is 1. The van der Waals surface area contributed by atoms with Crippen molar-refractivity contribution in [2.75, 3.05) is 40.5 Å². The molecule has 0 atom stereocenters. The lowest BCUT2D eigenvalue weighted by Gasteiger charge is -2.21. The van der Waals surface area contributed by atoms with Crippen LogP contribution in [0.5, 0.6) is 0 Å². The molecular formula is C102H80Br3ClN6O16S. The first-order chi connectivity index (χ1) is 62.3. The Labute approximate surface area is 776 Å². The molecule has 0 unspecified atom stereocenters. The smallest absolute Gasteiger partial charge is 0.367 e. The number of thioether (sulfide) groups is 1. The fourth-order valence-corrected chi connectivity index (χ4v) is 15.2. The lowest BCUT2D eigenvalue weighted by molar-refractivity contribution is -0.141. The Hall–Kier alpha value is -14.4. The Balaban J connectivity index is 0.000000133. The van der Waals surface area contributed by atoms with Crippen molar-refractivity contribution in [2.24, 2.45) is 5.16 Å². The molecule has 18 rings (SSSR count). The number of nitrogens with zero attached hydrogens (tertiary/aromatic N) is 3. The molecule has 27 heteroatoms. The molecule has 0 bridgehead atoms. The van der Waals surface area contributed by atoms with Crippen LogP contribution in [0.2, 0.25) is 5.02 Å². The summed E-state index contributed by atoms with van der Waals surface area (Å²) in [5.74, 6) is 4.31. The zero-order valence-corrected chi connectivity index (χ0v) is 76.1. The van der Waals surface area contributed by atoms with Crippen LogP contribution in [-0.4, -0.2) is 76.8 Å². The summed E-state index contributed by atoms with van der Waals surface area (Å²) in [5, 5.41) is 23.3. The van der Waals surface area contributed by atoms with Gasteiger partial charge >= 0.3 is 17.9 Å². The number of rotatable bonds is 21. The number of nitrogens with one attached hydrogen (secondary N) is 3. The van der Waals surface area contributed by atoms with Crippen LogP contribution in [0, 0.1) is 13.8 Å². The van der Waals surface area contributed by atoms with Gasteiger partial charge in [0.05, 0.1) is 45.4 Å². The van der Waals surface area contributed by atoms with Gasteiger partial charge < -0.3 is 62.0 Å². The molecule has 0 saturated heterocycles. The number of halogens is 4. The number of allylic oxidation sites excluding steroid dienone is 3. The van der Waals surface area contributed by atoms with E-state index < -0.39 is 17.9 Å². The highest BCUT2D eigenvalue weighted by molar-refractivity contribution is 9.11. The molecule has 3 aliphatic heterocycles. The van der Waals surface area contributed by atoms with Crippen LogP contribution in [0.3, 0.4) is 0 Å². The van der Waals surface area contributed by atoms with Gasteiger partial charge in [-0.15, -0.1) is 0 Å². The lowest BCUT2D eigenvalue weighted by atomic mass is 10.0. The second kappa shape index (κ2) is 44.2. The quantitative estimate of drug-likeness (QED) is 0.0225. The number of carbonyl (C=O) groups excluding carboxylic acids is 6. The number of benzene rings is 7. The van der Waals surface area contributed by atoms with E-state index in [9.17, 15) is 33.6 Å². The van der Waals surface area contributed by atoms with Crippen LogP contribution in [0.15, 0.2) is 346 Å². The standard InChI is InChI=1S/C21H23N3O2.C20H12O4S.C18H13BrO4.C15H10ClNO3.C14H10BrNO2.C14H12BrNO/c1-4-24(5-2)20-13-15(3)18-14-16(8-10-19(18)23-20)22-21(25)11-9-17-7-6-12-26-17;21-19-15-6-1-2-7-17(15)25-18(19)11-14-8-9-16(24-14)12-4-3-5-13(10-12)20(22)23;19-17-9-6-13(23-17)7-10-18(21)22-11-16(20)15-8-5-12-3-1-2-4-14(12)15;1-9-13(15(18)20-17-9)8-12-6-7-14(19-12)10-2-4-11(16)5-3-10;1-8-2-4-10(18-8)7-12-11-6-9(15)3-5-13(11)16-14(12)17;1-11(4-9-14-3-2-10-17-14)16-13-7-5-12(15)6-8-13/h6-14H,4-5H2,1-3H3,(H,22,25);1-11H,(H,22,23);1-4,6-10H,5,11H2;2-8H,1H3;2-7H,1H3,(H,16,17);2-10,16H,1H2/b11-9+;18-11-;10-7+;13-8+;12-7-;9-4+. The Morgan fingerprint density at radius 3 is 1.91 bits per heavy atom. The van der Waals surface area contributed by atoms with Crippen LogP contribution in [0.25, 0.3) is 81.2 Å². The van der Waals surface area contributed by atoms with E-state index in [2.05, 4.69) is 112 Å². The van der Waals surface area contributed by atoms with Crippen molar-refractivity contribution in [3.63, 3.8) is 0 Å². The number of aromatic carboxylic acids is 1. The van der Waals surface area contributed by atoms with Crippen LogP contribution in [0.4, 0.5) is 22.9 Å². The zero-order chi connectivity index (χ0) is 91.0. The van der Waals surface area contributed by atoms with Crippen LogP contribution >= 0.6 is 71.2 Å². The number of fused-ring (bicyclic) bond motifs is 4. The predicted octanol–water partition coefficient (Wildman–Crippen LogP) is 25.9. The first-order valence-corrected chi connectivity index (χ1v) is 43.7.